The average molecular weight is 285 g/mol. The first kappa shape index (κ1) is 9.63. The van der Waals surface area contributed by atoms with Gasteiger partial charge in [-0.25, -0.2) is 13.8 Å². The van der Waals surface area contributed by atoms with Crippen molar-refractivity contribution in [3.63, 3.8) is 0 Å². The Hall–Kier alpha value is -0.460. The maximum atomic E-state index is 12.2. The molecule has 0 aliphatic carbocycles. The van der Waals surface area contributed by atoms with Crippen LogP contribution in [0.4, 0.5) is 8.78 Å². The Morgan fingerprint density at radius 3 is 2.67 bits per heavy atom. The highest BCUT2D eigenvalue weighted by Gasteiger charge is 2.15. The molecular weight excluding hydrogens is 279 g/mol. The summed E-state index contributed by atoms with van der Waals surface area (Å²) < 4.78 is 29.7. The number of methoxy groups -OCH3 is 1. The van der Waals surface area contributed by atoms with Crippen LogP contribution in [0.5, 0.6) is 5.75 Å². The summed E-state index contributed by atoms with van der Waals surface area (Å²) in [5, 5.41) is 0. The van der Waals surface area contributed by atoms with Crippen molar-refractivity contribution in [2.24, 2.45) is 0 Å². The normalized spacial score (nSPS) is 10.4. The van der Waals surface area contributed by atoms with Crippen LogP contribution in [0, 0.1) is 3.70 Å². The molecule has 0 aliphatic heterocycles. The molecule has 1 aromatic heterocycles. The van der Waals surface area contributed by atoms with Crippen LogP contribution in [0.25, 0.3) is 0 Å². The minimum absolute atomic E-state index is 0.130. The minimum Gasteiger partial charge on any atom is -0.495 e. The highest BCUT2D eigenvalue weighted by Crippen LogP contribution is 2.27. The monoisotopic (exact) mass is 285 g/mol. The fourth-order valence-corrected chi connectivity index (χ4v) is 1.21. The van der Waals surface area contributed by atoms with E-state index in [1.807, 2.05) is 22.6 Å². The SMILES string of the molecule is COc1ccc(I)nc1C(F)F. The maximum absolute atomic E-state index is 12.2. The second kappa shape index (κ2) is 3.97. The van der Waals surface area contributed by atoms with Crippen LogP contribution in [0.3, 0.4) is 0 Å². The molecule has 0 saturated heterocycles. The van der Waals surface area contributed by atoms with E-state index in [9.17, 15) is 8.78 Å². The first-order valence-corrected chi connectivity index (χ1v) is 4.21. The van der Waals surface area contributed by atoms with Gasteiger partial charge in [0, 0.05) is 0 Å². The summed E-state index contributed by atoms with van der Waals surface area (Å²) in [4.78, 5) is 3.66. The third kappa shape index (κ3) is 2.02. The number of halogens is 3. The summed E-state index contributed by atoms with van der Waals surface area (Å²) in [5.41, 5.74) is -0.301. The van der Waals surface area contributed by atoms with Crippen LogP contribution in [0.15, 0.2) is 12.1 Å². The maximum Gasteiger partial charge on any atom is 0.284 e. The lowest BCUT2D eigenvalue weighted by molar-refractivity contribution is 0.141. The third-order valence-corrected chi connectivity index (χ3v) is 1.88. The van der Waals surface area contributed by atoms with Crippen molar-refractivity contribution in [1.29, 1.82) is 0 Å². The van der Waals surface area contributed by atoms with Gasteiger partial charge in [0.15, 0.2) is 0 Å². The molecule has 1 aromatic rings. The van der Waals surface area contributed by atoms with Gasteiger partial charge in [-0.3, -0.25) is 0 Å². The van der Waals surface area contributed by atoms with Gasteiger partial charge in [0.25, 0.3) is 6.43 Å². The first-order chi connectivity index (χ1) is 5.65. The number of pyridine rings is 1. The Balaban J connectivity index is 3.12. The highest BCUT2D eigenvalue weighted by molar-refractivity contribution is 14.1. The van der Waals surface area contributed by atoms with E-state index in [1.165, 1.54) is 13.2 Å². The van der Waals surface area contributed by atoms with E-state index >= 15 is 0 Å². The Morgan fingerprint density at radius 1 is 1.50 bits per heavy atom. The number of rotatable bonds is 2. The summed E-state index contributed by atoms with van der Waals surface area (Å²) in [7, 11) is 1.34. The van der Waals surface area contributed by atoms with Gasteiger partial charge in [0.05, 0.1) is 7.11 Å². The molecule has 2 nitrogen and oxygen atoms in total. The van der Waals surface area contributed by atoms with Gasteiger partial charge < -0.3 is 4.74 Å². The second-order valence-corrected chi connectivity index (χ2v) is 3.13. The molecule has 0 amide bonds. The van der Waals surface area contributed by atoms with Crippen LogP contribution in [0.1, 0.15) is 12.1 Å². The number of hydrogen-bond donors (Lipinski definition) is 0. The lowest BCUT2D eigenvalue weighted by Gasteiger charge is -2.05. The molecule has 0 radical (unpaired) electrons. The zero-order valence-corrected chi connectivity index (χ0v) is 8.38. The van der Waals surface area contributed by atoms with Crippen molar-refractivity contribution in [3.8, 4) is 5.75 Å². The topological polar surface area (TPSA) is 22.1 Å². The molecule has 0 aliphatic rings. The van der Waals surface area contributed by atoms with E-state index in [0.717, 1.165) is 0 Å². The van der Waals surface area contributed by atoms with E-state index in [4.69, 9.17) is 4.74 Å². The van der Waals surface area contributed by atoms with Gasteiger partial charge in [-0.15, -0.1) is 0 Å². The van der Waals surface area contributed by atoms with Crippen molar-refractivity contribution in [3.05, 3.63) is 21.5 Å². The van der Waals surface area contributed by atoms with Gasteiger partial charge in [-0.1, -0.05) is 0 Å². The average Bonchev–Trinajstić information content (AvgIpc) is 2.04. The van der Waals surface area contributed by atoms with E-state index in [-0.39, 0.29) is 11.4 Å². The lowest BCUT2D eigenvalue weighted by Crippen LogP contribution is -1.97. The van der Waals surface area contributed by atoms with Crippen molar-refractivity contribution < 1.29 is 13.5 Å². The predicted octanol–water partition coefficient (Wildman–Crippen LogP) is 2.63. The smallest absolute Gasteiger partial charge is 0.284 e. The Bertz CT molecular complexity index is 280. The van der Waals surface area contributed by atoms with Gasteiger partial charge in [-0.05, 0) is 34.7 Å². The molecule has 1 heterocycles. The first-order valence-electron chi connectivity index (χ1n) is 3.13. The van der Waals surface area contributed by atoms with Crippen molar-refractivity contribution in [2.45, 2.75) is 6.43 Å². The largest absolute Gasteiger partial charge is 0.495 e. The highest BCUT2D eigenvalue weighted by atomic mass is 127. The molecule has 66 valence electrons. The van der Waals surface area contributed by atoms with Gasteiger partial charge in [0.2, 0.25) is 0 Å². The number of nitrogens with zero attached hydrogens (tertiary/aromatic N) is 1. The fraction of sp³-hybridized carbons (Fsp3) is 0.286. The quantitative estimate of drug-likeness (QED) is 0.615. The standard InChI is InChI=1S/C7H6F2INO/c1-12-4-2-3-5(10)11-6(4)7(8)9/h2-3,7H,1H3. The molecular formula is C7H6F2INO. The van der Waals surface area contributed by atoms with E-state index in [1.54, 1.807) is 6.07 Å². The van der Waals surface area contributed by atoms with Crippen molar-refractivity contribution in [2.75, 3.05) is 7.11 Å². The Labute approximate surface area is 82.1 Å². The zero-order chi connectivity index (χ0) is 9.14. The van der Waals surface area contributed by atoms with Crippen LogP contribution in [0.2, 0.25) is 0 Å². The number of aromatic nitrogens is 1. The number of alkyl halides is 2. The molecule has 0 aromatic carbocycles. The van der Waals surface area contributed by atoms with Crippen LogP contribution in [-0.2, 0) is 0 Å². The molecule has 0 fully saturated rings. The Morgan fingerprint density at radius 2 is 2.17 bits per heavy atom. The number of ether oxygens (including phenoxy) is 1. The van der Waals surface area contributed by atoms with Crippen molar-refractivity contribution >= 4 is 22.6 Å². The molecule has 0 N–H and O–H groups in total. The lowest BCUT2D eigenvalue weighted by atomic mass is 10.3. The molecule has 0 spiro atoms. The minimum atomic E-state index is -2.59. The van der Waals surface area contributed by atoms with Gasteiger partial charge >= 0.3 is 0 Å². The molecule has 1 rings (SSSR count). The molecule has 12 heavy (non-hydrogen) atoms. The molecule has 0 bridgehead atoms. The Kier molecular flexibility index (Phi) is 3.19. The van der Waals surface area contributed by atoms with Gasteiger partial charge in [-0.2, -0.15) is 0 Å². The zero-order valence-electron chi connectivity index (χ0n) is 6.22. The molecule has 0 atom stereocenters. The fourth-order valence-electron chi connectivity index (χ4n) is 0.766. The summed E-state index contributed by atoms with van der Waals surface area (Å²) in [5.74, 6) is 0.130. The molecule has 0 unspecified atom stereocenters. The summed E-state index contributed by atoms with van der Waals surface area (Å²) in [6, 6.07) is 3.10. The van der Waals surface area contributed by atoms with Crippen LogP contribution in [-0.4, -0.2) is 12.1 Å². The van der Waals surface area contributed by atoms with E-state index < -0.39 is 6.43 Å². The van der Waals surface area contributed by atoms with E-state index in [0.29, 0.717) is 3.70 Å². The molecule has 0 saturated carbocycles. The second-order valence-electron chi connectivity index (χ2n) is 2.02. The van der Waals surface area contributed by atoms with E-state index in [2.05, 4.69) is 4.98 Å². The van der Waals surface area contributed by atoms with Gasteiger partial charge in [0.1, 0.15) is 15.1 Å². The third-order valence-electron chi connectivity index (χ3n) is 1.28. The predicted molar refractivity (Wildman–Crippen MR) is 48.5 cm³/mol. The molecule has 5 heteroatoms. The number of hydrogen-bond acceptors (Lipinski definition) is 2. The summed E-state index contributed by atoms with van der Waals surface area (Å²) in [6.07, 6.45) is -2.59. The summed E-state index contributed by atoms with van der Waals surface area (Å²) >= 11 is 1.87. The van der Waals surface area contributed by atoms with Crippen LogP contribution < -0.4 is 4.74 Å². The summed E-state index contributed by atoms with van der Waals surface area (Å²) in [6.45, 7) is 0. The van der Waals surface area contributed by atoms with Crippen LogP contribution >= 0.6 is 22.6 Å². The van der Waals surface area contributed by atoms with Crippen molar-refractivity contribution in [1.82, 2.24) is 4.98 Å².